The fraction of sp³-hybridized carbons (Fsp3) is 0.452. The summed E-state index contributed by atoms with van der Waals surface area (Å²) in [7, 11) is 1.30. The lowest BCUT2D eigenvalue weighted by Gasteiger charge is -2.30. The number of ether oxygens (including phenoxy) is 1. The van der Waals surface area contributed by atoms with E-state index in [0.717, 1.165) is 83.8 Å². The zero-order valence-corrected chi connectivity index (χ0v) is 31.9. The van der Waals surface area contributed by atoms with Crippen LogP contribution in [0.3, 0.4) is 0 Å². The minimum absolute atomic E-state index is 0.00185. The number of hydrogen-bond donors (Lipinski definition) is 4. The Balaban J connectivity index is 1.08. The van der Waals surface area contributed by atoms with Crippen LogP contribution in [0.2, 0.25) is 0 Å². The molecule has 284 valence electrons. The highest BCUT2D eigenvalue weighted by Crippen LogP contribution is 2.34. The fourth-order valence-electron chi connectivity index (χ4n) is 7.28. The summed E-state index contributed by atoms with van der Waals surface area (Å²) >= 11 is 0. The molecule has 2 aromatic carbocycles. The van der Waals surface area contributed by atoms with Crippen molar-refractivity contribution in [3.05, 3.63) is 83.7 Å². The number of carbonyl (C=O) groups is 3. The van der Waals surface area contributed by atoms with Crippen molar-refractivity contribution in [1.82, 2.24) is 35.1 Å². The van der Waals surface area contributed by atoms with Gasteiger partial charge in [-0.15, -0.1) is 0 Å². The number of methoxy groups -OCH3 is 1. The fourth-order valence-corrected chi connectivity index (χ4v) is 7.28. The number of rotatable bonds is 11. The number of nitrogens with one attached hydrogen (secondary N) is 3. The maximum atomic E-state index is 13.6. The monoisotopic (exact) mass is 732 g/mol. The van der Waals surface area contributed by atoms with Gasteiger partial charge in [-0.05, 0) is 72.9 Å². The number of amides is 3. The van der Waals surface area contributed by atoms with Crippen LogP contribution in [0.1, 0.15) is 101 Å². The third-order valence-corrected chi connectivity index (χ3v) is 11.1. The van der Waals surface area contributed by atoms with Crippen LogP contribution in [0.25, 0.3) is 22.5 Å². The molecule has 0 spiro atoms. The molecule has 12 nitrogen and oxygen atoms in total. The largest absolute Gasteiger partial charge is 0.453 e. The van der Waals surface area contributed by atoms with E-state index in [1.165, 1.54) is 7.11 Å². The van der Waals surface area contributed by atoms with Crippen molar-refractivity contribution in [3.63, 3.8) is 0 Å². The molecular weight excluding hydrogens is 681 g/mol. The summed E-state index contributed by atoms with van der Waals surface area (Å²) in [6.07, 6.45) is 8.06. The van der Waals surface area contributed by atoms with E-state index in [4.69, 9.17) is 10.5 Å². The lowest BCUT2D eigenvalue weighted by atomic mass is 9.97. The quantitative estimate of drug-likeness (QED) is 0.131. The summed E-state index contributed by atoms with van der Waals surface area (Å²) < 4.78 is 4.79. The SMILES string of the molecule is CC[C@@H](C)[C@H](N)C(=O)N1CCC[C@H]1c1ncc(-c2ccc(C#Cc3ccc(-c4cnc([C@@H]5CCCN5C(=O)[C@@H](NC(=O)OC)[C@H](C)CC)[nH]4)cc3)cc2)[nH]1. The van der Waals surface area contributed by atoms with Gasteiger partial charge in [0.25, 0.3) is 0 Å². The Morgan fingerprint density at radius 1 is 0.796 bits per heavy atom. The van der Waals surface area contributed by atoms with Crippen molar-refractivity contribution in [2.75, 3.05) is 20.2 Å². The minimum Gasteiger partial charge on any atom is -0.453 e. The number of aromatic nitrogens is 4. The molecule has 54 heavy (non-hydrogen) atoms. The third-order valence-electron chi connectivity index (χ3n) is 11.1. The molecule has 2 aliphatic heterocycles. The van der Waals surface area contributed by atoms with E-state index in [1.54, 1.807) is 6.20 Å². The second-order valence-electron chi connectivity index (χ2n) is 14.6. The summed E-state index contributed by atoms with van der Waals surface area (Å²) in [4.78, 5) is 58.7. The van der Waals surface area contributed by atoms with Crippen LogP contribution in [-0.4, -0.2) is 79.9 Å². The number of nitrogens with two attached hydrogens (primary N) is 1. The van der Waals surface area contributed by atoms with Crippen molar-refractivity contribution in [2.45, 2.75) is 90.4 Å². The molecule has 0 saturated carbocycles. The van der Waals surface area contributed by atoms with Crippen molar-refractivity contribution in [3.8, 4) is 34.4 Å². The van der Waals surface area contributed by atoms with E-state index in [1.807, 2.05) is 85.3 Å². The Hall–Kier alpha value is -5.41. The maximum Gasteiger partial charge on any atom is 0.407 e. The zero-order chi connectivity index (χ0) is 38.4. The summed E-state index contributed by atoms with van der Waals surface area (Å²) in [5.74, 6) is 8.01. The number of imidazole rings is 2. The highest BCUT2D eigenvalue weighted by Gasteiger charge is 2.38. The van der Waals surface area contributed by atoms with E-state index in [0.29, 0.717) is 13.1 Å². The van der Waals surface area contributed by atoms with E-state index in [9.17, 15) is 14.4 Å². The van der Waals surface area contributed by atoms with E-state index in [-0.39, 0.29) is 35.7 Å². The highest BCUT2D eigenvalue weighted by atomic mass is 16.5. The average molecular weight is 733 g/mol. The molecular formula is C42H52N8O4. The topological polar surface area (TPSA) is 162 Å². The van der Waals surface area contributed by atoms with Crippen LogP contribution in [-0.2, 0) is 14.3 Å². The standard InChI is InChI=1S/C42H52N8O4/c1-6-26(3)36(43)40(51)49-22-8-10-34(49)38-44-24-32(46-38)30-18-14-28(15-19-30)12-13-29-16-20-31(21-17-29)33-25-45-39(47-33)35-11-9-23-50(35)41(52)37(27(4)7-2)48-42(53)54-5/h14-21,24-27,34-37H,6-11,22-23,43H2,1-5H3,(H,44,46)(H,45,47)(H,48,53)/t26-,27-,34+,35+,36+,37+/m1/s1. The third kappa shape index (κ3) is 8.37. The van der Waals surface area contributed by atoms with Gasteiger partial charge >= 0.3 is 6.09 Å². The van der Waals surface area contributed by atoms with Gasteiger partial charge in [0.1, 0.15) is 17.7 Å². The molecule has 0 unspecified atom stereocenters. The first-order valence-electron chi connectivity index (χ1n) is 19.1. The first-order valence-corrected chi connectivity index (χ1v) is 19.1. The Kier molecular flexibility index (Phi) is 12.2. The lowest BCUT2D eigenvalue weighted by molar-refractivity contribution is -0.136. The predicted octanol–water partition coefficient (Wildman–Crippen LogP) is 6.34. The summed E-state index contributed by atoms with van der Waals surface area (Å²) in [6, 6.07) is 14.6. The molecule has 5 N–H and O–H groups in total. The summed E-state index contributed by atoms with van der Waals surface area (Å²) in [5.41, 5.74) is 11.8. The van der Waals surface area contributed by atoms with Gasteiger partial charge in [0.05, 0.1) is 49.0 Å². The number of benzene rings is 2. The number of H-pyrrole nitrogens is 2. The van der Waals surface area contributed by atoms with Gasteiger partial charge in [0, 0.05) is 24.2 Å². The molecule has 4 heterocycles. The molecule has 2 fully saturated rings. The zero-order valence-electron chi connectivity index (χ0n) is 31.9. The number of alkyl carbamates (subject to hydrolysis) is 1. The molecule has 0 aliphatic carbocycles. The van der Waals surface area contributed by atoms with Crippen molar-refractivity contribution < 1.29 is 19.1 Å². The Bertz CT molecular complexity index is 1970. The normalized spacial score (nSPS) is 19.1. The first kappa shape index (κ1) is 38.3. The molecule has 0 bridgehead atoms. The Labute approximate surface area is 317 Å². The van der Waals surface area contributed by atoms with Gasteiger partial charge in [-0.3, -0.25) is 9.59 Å². The van der Waals surface area contributed by atoms with Gasteiger partial charge in [-0.1, -0.05) is 76.6 Å². The van der Waals surface area contributed by atoms with Gasteiger partial charge in [-0.2, -0.15) is 0 Å². The molecule has 3 amide bonds. The van der Waals surface area contributed by atoms with E-state index >= 15 is 0 Å². The Morgan fingerprint density at radius 3 is 1.70 bits per heavy atom. The summed E-state index contributed by atoms with van der Waals surface area (Å²) in [6.45, 7) is 9.34. The van der Waals surface area contributed by atoms with Crippen molar-refractivity contribution >= 4 is 17.9 Å². The van der Waals surface area contributed by atoms with Gasteiger partial charge < -0.3 is 35.6 Å². The number of carbonyl (C=O) groups excluding carboxylic acids is 3. The van der Waals surface area contributed by atoms with Crippen LogP contribution >= 0.6 is 0 Å². The highest BCUT2D eigenvalue weighted by molar-refractivity contribution is 5.86. The van der Waals surface area contributed by atoms with Crippen LogP contribution in [0.4, 0.5) is 4.79 Å². The molecule has 2 aliphatic rings. The minimum atomic E-state index is -0.666. The van der Waals surface area contributed by atoms with Crippen molar-refractivity contribution in [2.24, 2.45) is 17.6 Å². The van der Waals surface area contributed by atoms with E-state index in [2.05, 4.69) is 44.0 Å². The molecule has 0 radical (unpaired) electrons. The number of nitrogens with zero attached hydrogens (tertiary/aromatic N) is 4. The van der Waals surface area contributed by atoms with Crippen LogP contribution < -0.4 is 11.1 Å². The number of hydrogen-bond acceptors (Lipinski definition) is 7. The second-order valence-corrected chi connectivity index (χ2v) is 14.6. The van der Waals surface area contributed by atoms with Gasteiger partial charge in [-0.25, -0.2) is 14.8 Å². The molecule has 2 aromatic heterocycles. The second kappa shape index (κ2) is 17.2. The number of likely N-dealkylation sites (tertiary alicyclic amines) is 2. The van der Waals surface area contributed by atoms with Crippen molar-refractivity contribution in [1.29, 1.82) is 0 Å². The van der Waals surface area contributed by atoms with Gasteiger partial charge in [0.15, 0.2) is 0 Å². The van der Waals surface area contributed by atoms with E-state index < -0.39 is 18.2 Å². The molecule has 6 rings (SSSR count). The smallest absolute Gasteiger partial charge is 0.407 e. The van der Waals surface area contributed by atoms with Crippen LogP contribution in [0.15, 0.2) is 60.9 Å². The lowest BCUT2D eigenvalue weighted by Crippen LogP contribution is -2.51. The van der Waals surface area contributed by atoms with Crippen LogP contribution in [0, 0.1) is 23.7 Å². The molecule has 4 aromatic rings. The Morgan fingerprint density at radius 2 is 1.26 bits per heavy atom. The molecule has 12 heteroatoms. The molecule has 6 atom stereocenters. The molecule has 2 saturated heterocycles. The maximum absolute atomic E-state index is 13.6. The average Bonchev–Trinajstić information content (AvgIpc) is 4.05. The first-order chi connectivity index (χ1) is 26.1. The predicted molar refractivity (Wildman–Crippen MR) is 208 cm³/mol. The number of aromatic amines is 2. The summed E-state index contributed by atoms with van der Waals surface area (Å²) in [5, 5.41) is 2.74. The van der Waals surface area contributed by atoms with Crippen LogP contribution in [0.5, 0.6) is 0 Å². The van der Waals surface area contributed by atoms with Gasteiger partial charge in [0.2, 0.25) is 11.8 Å².